The molecule has 8 heteroatoms. The molecule has 0 radical (unpaired) electrons. The Balaban J connectivity index is 1.21. The van der Waals surface area contributed by atoms with Gasteiger partial charge in [0.15, 0.2) is 0 Å². The van der Waals surface area contributed by atoms with Gasteiger partial charge in [-0.25, -0.2) is 9.37 Å². The molecule has 0 spiro atoms. The molecule has 2 aromatic heterocycles. The summed E-state index contributed by atoms with van der Waals surface area (Å²) in [7, 11) is 0. The lowest BCUT2D eigenvalue weighted by molar-refractivity contribution is -0.00220. The van der Waals surface area contributed by atoms with Gasteiger partial charge >= 0.3 is 0 Å². The largest absolute Gasteiger partial charge is 0.355 e. The number of carbonyl (C=O) groups is 1. The lowest BCUT2D eigenvalue weighted by Gasteiger charge is -2.53. The number of piperidine rings is 1. The normalized spacial score (nSPS) is 18.9. The van der Waals surface area contributed by atoms with Gasteiger partial charge < -0.3 is 15.5 Å². The third kappa shape index (κ3) is 3.53. The molecule has 3 aromatic carbocycles. The molecule has 1 amide bonds. The van der Waals surface area contributed by atoms with E-state index in [2.05, 4.69) is 20.6 Å². The molecule has 2 aliphatic heterocycles. The van der Waals surface area contributed by atoms with Crippen molar-refractivity contribution in [2.24, 2.45) is 0 Å². The molecule has 178 valence electrons. The van der Waals surface area contributed by atoms with E-state index in [9.17, 15) is 4.79 Å². The van der Waals surface area contributed by atoms with Crippen LogP contribution in [0.3, 0.4) is 0 Å². The molecule has 36 heavy (non-hydrogen) atoms. The summed E-state index contributed by atoms with van der Waals surface area (Å²) in [6.45, 7) is 1.61. The number of thiazole rings is 1. The first kappa shape index (κ1) is 21.4. The predicted octanol–water partition coefficient (Wildman–Crippen LogP) is 5.58. The number of rotatable bonds is 4. The Kier molecular flexibility index (Phi) is 4.97. The van der Waals surface area contributed by atoms with E-state index in [1.54, 1.807) is 29.7 Å². The number of aromatic nitrogens is 2. The summed E-state index contributed by atoms with van der Waals surface area (Å²) in [4.78, 5) is 23.8. The Morgan fingerprint density at radius 2 is 1.89 bits per heavy atom. The van der Waals surface area contributed by atoms with E-state index >= 15 is 4.39 Å². The zero-order chi connectivity index (χ0) is 24.2. The lowest BCUT2D eigenvalue weighted by atomic mass is 9.87. The van der Waals surface area contributed by atoms with Crippen molar-refractivity contribution < 1.29 is 9.18 Å². The number of benzene rings is 3. The Morgan fingerprint density at radius 3 is 2.72 bits per heavy atom. The van der Waals surface area contributed by atoms with Gasteiger partial charge in [0.2, 0.25) is 0 Å². The number of pyridine rings is 1. The summed E-state index contributed by atoms with van der Waals surface area (Å²) >= 11 is 1.61. The molecule has 4 heterocycles. The molecule has 2 aliphatic rings. The first-order chi connectivity index (χ1) is 17.6. The fourth-order valence-electron chi connectivity index (χ4n) is 5.36. The van der Waals surface area contributed by atoms with E-state index in [4.69, 9.17) is 0 Å². The molecule has 0 aliphatic carbocycles. The molecule has 0 unspecified atom stereocenters. The predicted molar refractivity (Wildman–Crippen MR) is 141 cm³/mol. The number of fused-ring (bicyclic) bond motifs is 4. The van der Waals surface area contributed by atoms with Crippen molar-refractivity contribution in [2.45, 2.75) is 18.5 Å². The number of nitrogens with one attached hydrogen (secondary N) is 2. The zero-order valence-corrected chi connectivity index (χ0v) is 20.1. The second kappa shape index (κ2) is 8.36. The van der Waals surface area contributed by atoms with Crippen LogP contribution in [-0.4, -0.2) is 45.9 Å². The van der Waals surface area contributed by atoms with Gasteiger partial charge in [-0.2, -0.15) is 0 Å². The SMILES string of the molecule is O=C(c1ccc(-c2ccc3nccc(Nc4ccc5scnc5c4)c3c2)c(F)c1)N1[C@@H]2CNC[C@H]1C2. The van der Waals surface area contributed by atoms with Crippen molar-refractivity contribution in [3.8, 4) is 11.1 Å². The molecule has 2 atom stereocenters. The van der Waals surface area contributed by atoms with Crippen LogP contribution in [-0.2, 0) is 0 Å². The highest BCUT2D eigenvalue weighted by atomic mass is 32.1. The maximum atomic E-state index is 15.3. The van der Waals surface area contributed by atoms with E-state index in [0.29, 0.717) is 11.1 Å². The maximum Gasteiger partial charge on any atom is 0.254 e. The van der Waals surface area contributed by atoms with Crippen LogP contribution in [0.5, 0.6) is 0 Å². The number of hydrogen-bond donors (Lipinski definition) is 2. The van der Waals surface area contributed by atoms with Gasteiger partial charge in [0.05, 0.1) is 21.2 Å². The average Bonchev–Trinajstić information content (AvgIpc) is 3.37. The number of hydrogen-bond acceptors (Lipinski definition) is 6. The Labute approximate surface area is 210 Å². The minimum Gasteiger partial charge on any atom is -0.355 e. The number of halogens is 1. The molecule has 2 fully saturated rings. The van der Waals surface area contributed by atoms with Crippen molar-refractivity contribution in [2.75, 3.05) is 18.4 Å². The third-order valence-corrected chi connectivity index (χ3v) is 8.01. The minimum absolute atomic E-state index is 0.0884. The van der Waals surface area contributed by atoms with Crippen LogP contribution in [0.4, 0.5) is 15.8 Å². The van der Waals surface area contributed by atoms with Gasteiger partial charge in [0.25, 0.3) is 5.91 Å². The van der Waals surface area contributed by atoms with E-state index in [1.807, 2.05) is 52.9 Å². The summed E-state index contributed by atoms with van der Waals surface area (Å²) in [6, 6.07) is 18.9. The summed E-state index contributed by atoms with van der Waals surface area (Å²) in [6.07, 6.45) is 2.78. The standard InChI is InChI=1S/C28H22FN5OS/c29-23-10-17(28(35)34-19-12-20(34)14-30-13-19)1-4-21(23)16-2-5-24-22(9-16)25(7-8-31-24)33-18-3-6-27-26(11-18)32-15-36-27/h1-11,15,19-20,30H,12-14H2,(H,31,33)/t19-,20+. The van der Waals surface area contributed by atoms with Gasteiger partial charge in [-0.05, 0) is 60.5 Å². The highest BCUT2D eigenvalue weighted by Crippen LogP contribution is 2.34. The van der Waals surface area contributed by atoms with Crippen molar-refractivity contribution >= 4 is 49.7 Å². The van der Waals surface area contributed by atoms with Crippen LogP contribution >= 0.6 is 11.3 Å². The molecule has 2 saturated heterocycles. The van der Waals surface area contributed by atoms with Crippen LogP contribution in [0.1, 0.15) is 16.8 Å². The second-order valence-electron chi connectivity index (χ2n) is 9.36. The van der Waals surface area contributed by atoms with Crippen molar-refractivity contribution in [1.29, 1.82) is 0 Å². The summed E-state index contributed by atoms with van der Waals surface area (Å²) < 4.78 is 16.4. The lowest BCUT2D eigenvalue weighted by Crippen LogP contribution is -2.69. The van der Waals surface area contributed by atoms with Gasteiger partial charge in [0, 0.05) is 59.3 Å². The minimum atomic E-state index is -0.406. The van der Waals surface area contributed by atoms with E-state index in [1.165, 1.54) is 6.07 Å². The molecular weight excluding hydrogens is 473 g/mol. The summed E-state index contributed by atoms with van der Waals surface area (Å²) in [5, 5.41) is 7.67. The van der Waals surface area contributed by atoms with Crippen LogP contribution in [0.2, 0.25) is 0 Å². The average molecular weight is 496 g/mol. The van der Waals surface area contributed by atoms with E-state index < -0.39 is 5.82 Å². The van der Waals surface area contributed by atoms with Crippen LogP contribution < -0.4 is 10.6 Å². The molecule has 0 saturated carbocycles. The highest BCUT2D eigenvalue weighted by Gasteiger charge is 2.44. The van der Waals surface area contributed by atoms with Crippen LogP contribution in [0.15, 0.2) is 72.4 Å². The number of anilines is 2. The third-order valence-electron chi connectivity index (χ3n) is 7.20. The maximum absolute atomic E-state index is 15.3. The van der Waals surface area contributed by atoms with E-state index in [-0.39, 0.29) is 18.0 Å². The van der Waals surface area contributed by atoms with Gasteiger partial charge in [-0.1, -0.05) is 12.1 Å². The quantitative estimate of drug-likeness (QED) is 0.341. The summed E-state index contributed by atoms with van der Waals surface area (Å²) in [5.74, 6) is -0.495. The van der Waals surface area contributed by atoms with Crippen molar-refractivity contribution in [3.63, 3.8) is 0 Å². The topological polar surface area (TPSA) is 70.2 Å². The molecular formula is C28H22FN5OS. The van der Waals surface area contributed by atoms with Crippen LogP contribution in [0, 0.1) is 5.82 Å². The first-order valence-corrected chi connectivity index (χ1v) is 12.8. The molecule has 2 bridgehead atoms. The Morgan fingerprint density at radius 1 is 1.00 bits per heavy atom. The zero-order valence-electron chi connectivity index (χ0n) is 19.2. The number of amides is 1. The summed E-state index contributed by atoms with van der Waals surface area (Å²) in [5.41, 5.74) is 6.97. The number of carbonyl (C=O) groups excluding carboxylic acids is 1. The highest BCUT2D eigenvalue weighted by molar-refractivity contribution is 7.16. The van der Waals surface area contributed by atoms with Gasteiger partial charge in [0.1, 0.15) is 5.82 Å². The molecule has 2 N–H and O–H groups in total. The molecule has 6 nitrogen and oxygen atoms in total. The number of nitrogens with zero attached hydrogens (tertiary/aromatic N) is 3. The van der Waals surface area contributed by atoms with Gasteiger partial charge in [-0.15, -0.1) is 11.3 Å². The van der Waals surface area contributed by atoms with Gasteiger partial charge in [-0.3, -0.25) is 9.78 Å². The van der Waals surface area contributed by atoms with Crippen molar-refractivity contribution in [1.82, 2.24) is 20.2 Å². The second-order valence-corrected chi connectivity index (χ2v) is 10.2. The monoisotopic (exact) mass is 495 g/mol. The fourth-order valence-corrected chi connectivity index (χ4v) is 6.02. The van der Waals surface area contributed by atoms with Crippen LogP contribution in [0.25, 0.3) is 32.2 Å². The Bertz CT molecular complexity index is 1640. The van der Waals surface area contributed by atoms with E-state index in [0.717, 1.165) is 57.6 Å². The fraction of sp³-hybridized carbons (Fsp3) is 0.179. The first-order valence-electron chi connectivity index (χ1n) is 12.0. The smallest absolute Gasteiger partial charge is 0.254 e. The van der Waals surface area contributed by atoms with Crippen molar-refractivity contribution in [3.05, 3.63) is 83.8 Å². The molecule has 5 aromatic rings. The molecule has 7 rings (SSSR count). The number of piperazine rings is 1. The Hall–Kier alpha value is -3.88.